The quantitative estimate of drug-likeness (QED) is 0.387. The van der Waals surface area contributed by atoms with E-state index in [2.05, 4.69) is 20.3 Å². The molecule has 3 unspecified atom stereocenters. The number of nitrogens with one attached hydrogen (secondary N) is 1. The first kappa shape index (κ1) is 19.5. The van der Waals surface area contributed by atoms with Crippen LogP contribution in [0.1, 0.15) is 18.7 Å². The van der Waals surface area contributed by atoms with Crippen molar-refractivity contribution >= 4 is 22.9 Å². The molecule has 154 valence electrons. The predicted octanol–water partition coefficient (Wildman–Crippen LogP) is 0.0631. The number of nitrogens with two attached hydrogens (primary N) is 1. The van der Waals surface area contributed by atoms with E-state index in [1.165, 1.54) is 6.33 Å². The van der Waals surface area contributed by atoms with Crippen molar-refractivity contribution < 1.29 is 20.1 Å². The molecule has 3 heterocycles. The van der Waals surface area contributed by atoms with Crippen molar-refractivity contribution in [1.29, 1.82) is 0 Å². The molecule has 10 heteroatoms. The minimum absolute atomic E-state index is 0.0146. The number of fused-ring (bicyclic) bond motifs is 1. The Hall–Kier alpha value is -2.79. The maximum absolute atomic E-state index is 10.5. The molecular formula is C19H24N6O4. The average Bonchev–Trinajstić information content (AvgIpc) is 3.20. The maximum atomic E-state index is 10.5. The van der Waals surface area contributed by atoms with Gasteiger partial charge in [0.25, 0.3) is 0 Å². The van der Waals surface area contributed by atoms with E-state index >= 15 is 0 Å². The zero-order valence-corrected chi connectivity index (χ0v) is 15.9. The van der Waals surface area contributed by atoms with E-state index in [4.69, 9.17) is 10.5 Å². The van der Waals surface area contributed by atoms with E-state index in [1.54, 1.807) is 4.57 Å². The van der Waals surface area contributed by atoms with Crippen LogP contribution in [0.4, 0.5) is 11.8 Å². The van der Waals surface area contributed by atoms with E-state index in [1.807, 2.05) is 37.3 Å². The van der Waals surface area contributed by atoms with Crippen LogP contribution in [0, 0.1) is 0 Å². The second kappa shape index (κ2) is 7.91. The summed E-state index contributed by atoms with van der Waals surface area (Å²) in [5.74, 6) is 0.574. The van der Waals surface area contributed by atoms with Gasteiger partial charge in [0.05, 0.1) is 6.61 Å². The number of imidazole rings is 1. The number of benzene rings is 1. The SMILES string of the molecule is CC(Cc1ccccc1)Nc1nc2c(N)ncnc2n1[C@@H]1O[C@H](CO)C(O)C1O. The van der Waals surface area contributed by atoms with Crippen LogP contribution in [0.5, 0.6) is 0 Å². The van der Waals surface area contributed by atoms with Crippen molar-refractivity contribution in [2.24, 2.45) is 0 Å². The summed E-state index contributed by atoms with van der Waals surface area (Å²) in [6.07, 6.45) is -2.38. The first-order chi connectivity index (χ1) is 14.0. The molecular weight excluding hydrogens is 376 g/mol. The van der Waals surface area contributed by atoms with Gasteiger partial charge < -0.3 is 31.1 Å². The van der Waals surface area contributed by atoms with E-state index in [0.29, 0.717) is 17.1 Å². The minimum Gasteiger partial charge on any atom is -0.394 e. The predicted molar refractivity (Wildman–Crippen MR) is 106 cm³/mol. The Morgan fingerprint density at radius 1 is 1.21 bits per heavy atom. The van der Waals surface area contributed by atoms with Gasteiger partial charge in [0.15, 0.2) is 23.2 Å². The van der Waals surface area contributed by atoms with Gasteiger partial charge >= 0.3 is 0 Å². The second-order valence-corrected chi connectivity index (χ2v) is 7.20. The molecule has 3 aromatic rings. The summed E-state index contributed by atoms with van der Waals surface area (Å²) in [5.41, 5.74) is 7.84. The molecule has 0 bridgehead atoms. The summed E-state index contributed by atoms with van der Waals surface area (Å²) in [4.78, 5) is 12.7. The molecule has 0 saturated carbocycles. The fourth-order valence-electron chi connectivity index (χ4n) is 3.60. The van der Waals surface area contributed by atoms with Gasteiger partial charge in [-0.15, -0.1) is 0 Å². The molecule has 6 N–H and O–H groups in total. The lowest BCUT2D eigenvalue weighted by atomic mass is 10.1. The number of anilines is 2. The largest absolute Gasteiger partial charge is 0.394 e. The monoisotopic (exact) mass is 400 g/mol. The highest BCUT2D eigenvalue weighted by molar-refractivity contribution is 5.84. The number of nitrogen functional groups attached to an aromatic ring is 1. The molecule has 0 radical (unpaired) electrons. The van der Waals surface area contributed by atoms with Crippen LogP contribution in [0.25, 0.3) is 11.2 Å². The highest BCUT2D eigenvalue weighted by atomic mass is 16.6. The summed E-state index contributed by atoms with van der Waals surface area (Å²) in [7, 11) is 0. The summed E-state index contributed by atoms with van der Waals surface area (Å²) in [5, 5.41) is 33.4. The number of hydrogen-bond donors (Lipinski definition) is 5. The fourth-order valence-corrected chi connectivity index (χ4v) is 3.60. The Morgan fingerprint density at radius 2 is 1.97 bits per heavy atom. The Balaban J connectivity index is 1.70. The lowest BCUT2D eigenvalue weighted by Gasteiger charge is -2.21. The summed E-state index contributed by atoms with van der Waals surface area (Å²) in [6, 6.07) is 9.98. The highest BCUT2D eigenvalue weighted by Gasteiger charge is 2.45. The third-order valence-electron chi connectivity index (χ3n) is 5.04. The van der Waals surface area contributed by atoms with Gasteiger partial charge in [-0.05, 0) is 18.9 Å². The maximum Gasteiger partial charge on any atom is 0.207 e. The first-order valence-electron chi connectivity index (χ1n) is 9.41. The van der Waals surface area contributed by atoms with Crippen molar-refractivity contribution in [1.82, 2.24) is 19.5 Å². The smallest absolute Gasteiger partial charge is 0.207 e. The van der Waals surface area contributed by atoms with Crippen LogP contribution in [-0.4, -0.2) is 65.8 Å². The van der Waals surface area contributed by atoms with Crippen molar-refractivity contribution in [3.63, 3.8) is 0 Å². The lowest BCUT2D eigenvalue weighted by molar-refractivity contribution is -0.0501. The van der Waals surface area contributed by atoms with Gasteiger partial charge in [0, 0.05) is 6.04 Å². The fraction of sp³-hybridized carbons (Fsp3) is 0.421. The molecule has 1 saturated heterocycles. The molecule has 1 fully saturated rings. The van der Waals surface area contributed by atoms with Crippen molar-refractivity contribution in [2.75, 3.05) is 17.7 Å². The molecule has 0 amide bonds. The van der Waals surface area contributed by atoms with E-state index in [-0.39, 0.29) is 11.9 Å². The lowest BCUT2D eigenvalue weighted by Crippen LogP contribution is -2.33. The molecule has 1 aliphatic heterocycles. The van der Waals surface area contributed by atoms with Crippen LogP contribution >= 0.6 is 0 Å². The molecule has 2 aromatic heterocycles. The second-order valence-electron chi connectivity index (χ2n) is 7.20. The van der Waals surface area contributed by atoms with Crippen molar-refractivity contribution in [3.05, 3.63) is 42.2 Å². The zero-order valence-electron chi connectivity index (χ0n) is 15.9. The minimum atomic E-state index is -1.27. The van der Waals surface area contributed by atoms with Gasteiger partial charge in [-0.25, -0.2) is 15.0 Å². The van der Waals surface area contributed by atoms with Crippen LogP contribution in [0.15, 0.2) is 36.7 Å². The Kier molecular flexibility index (Phi) is 5.33. The van der Waals surface area contributed by atoms with Crippen LogP contribution < -0.4 is 11.1 Å². The highest BCUT2D eigenvalue weighted by Crippen LogP contribution is 2.35. The summed E-state index contributed by atoms with van der Waals surface area (Å²) >= 11 is 0. The van der Waals surface area contributed by atoms with Crippen LogP contribution in [0.3, 0.4) is 0 Å². The van der Waals surface area contributed by atoms with Gasteiger partial charge in [-0.1, -0.05) is 30.3 Å². The van der Waals surface area contributed by atoms with E-state index < -0.39 is 31.1 Å². The van der Waals surface area contributed by atoms with Gasteiger partial charge in [-0.2, -0.15) is 0 Å². The third kappa shape index (κ3) is 3.62. The van der Waals surface area contributed by atoms with Crippen molar-refractivity contribution in [2.45, 2.75) is 43.9 Å². The Labute approximate surface area is 167 Å². The molecule has 1 aromatic carbocycles. The van der Waals surface area contributed by atoms with Crippen LogP contribution in [0.2, 0.25) is 0 Å². The van der Waals surface area contributed by atoms with Gasteiger partial charge in [-0.3, -0.25) is 4.57 Å². The van der Waals surface area contributed by atoms with E-state index in [0.717, 1.165) is 12.0 Å². The molecule has 0 spiro atoms. The summed E-state index contributed by atoms with van der Waals surface area (Å²) in [6.45, 7) is 1.58. The Bertz CT molecular complexity index is 981. The number of ether oxygens (including phenoxy) is 1. The molecule has 0 aliphatic carbocycles. The zero-order chi connectivity index (χ0) is 20.5. The summed E-state index contributed by atoms with van der Waals surface area (Å²) < 4.78 is 7.25. The topological polar surface area (TPSA) is 152 Å². The number of aromatic nitrogens is 4. The molecule has 1 aliphatic rings. The number of aliphatic hydroxyl groups excluding tert-OH is 3. The molecule has 10 nitrogen and oxygen atoms in total. The standard InChI is InChI=1S/C19H24N6O4/c1-10(7-11-5-3-2-4-6-11)23-19-24-13-16(20)21-9-22-17(13)25(19)18-15(28)14(27)12(8-26)29-18/h2-6,9-10,12,14-15,18,26-28H,7-8H2,1H3,(H,23,24)(H2,20,21,22)/t10?,12-,14?,15?,18-/m1/s1. The van der Waals surface area contributed by atoms with Crippen LogP contribution in [-0.2, 0) is 11.2 Å². The van der Waals surface area contributed by atoms with Gasteiger partial charge in [0.2, 0.25) is 5.95 Å². The van der Waals surface area contributed by atoms with Crippen molar-refractivity contribution in [3.8, 4) is 0 Å². The first-order valence-corrected chi connectivity index (χ1v) is 9.41. The average molecular weight is 400 g/mol. The molecule has 5 atom stereocenters. The number of nitrogens with zero attached hydrogens (tertiary/aromatic N) is 4. The Morgan fingerprint density at radius 3 is 2.66 bits per heavy atom. The number of aliphatic hydroxyl groups is 3. The third-order valence-corrected chi connectivity index (χ3v) is 5.04. The number of hydrogen-bond acceptors (Lipinski definition) is 9. The normalized spacial score (nSPS) is 25.4. The molecule has 29 heavy (non-hydrogen) atoms. The number of rotatable bonds is 6. The van der Waals surface area contributed by atoms with Gasteiger partial charge in [0.1, 0.15) is 24.6 Å². The molecule has 4 rings (SSSR count). The van der Waals surface area contributed by atoms with E-state index in [9.17, 15) is 15.3 Å².